The summed E-state index contributed by atoms with van der Waals surface area (Å²) in [5.74, 6) is -0.450. The van der Waals surface area contributed by atoms with E-state index in [4.69, 9.17) is 73.8 Å². The number of hydrogen-bond acceptors (Lipinski definition) is 3. The molecular weight excluding hydrogens is 389 g/mol. The number of rotatable bonds is 0. The summed E-state index contributed by atoms with van der Waals surface area (Å²) in [6.45, 7) is 0. The number of alkyl halides is 4. The molecule has 1 saturated heterocycles. The normalized spacial score (nSPS) is 51.9. The summed E-state index contributed by atoms with van der Waals surface area (Å²) < 4.78 is 26.4. The van der Waals surface area contributed by atoms with Crippen LogP contribution in [-0.2, 0) is 14.3 Å². The van der Waals surface area contributed by atoms with Gasteiger partial charge in [0.25, 0.3) is 10.1 Å². The second-order valence-electron chi connectivity index (χ2n) is 4.64. The average molecular weight is 393 g/mol. The number of fused-ring (bicyclic) bond motifs is 1. The fraction of sp³-hybridized carbons (Fsp3) is 0.750. The molecule has 2 aliphatic carbocycles. The van der Waals surface area contributed by atoms with Crippen LogP contribution in [0.4, 0.5) is 0 Å². The molecule has 3 atom stereocenters. The molecule has 1 spiro atoms. The van der Waals surface area contributed by atoms with Gasteiger partial charge < -0.3 is 0 Å². The van der Waals surface area contributed by atoms with E-state index < -0.39 is 35.6 Å². The smallest absolute Gasteiger partial charge is 0.243 e. The van der Waals surface area contributed by atoms with Crippen LogP contribution >= 0.6 is 69.6 Å². The lowest BCUT2D eigenvalue weighted by molar-refractivity contribution is 0.113. The standard InChI is InChI=1S/C8H4Cl6O3S/c9-3-4(10)6(11)1-5(3)2-18(15,16)17-8(5,14)7(6,12)13/h1-2H2. The molecule has 0 radical (unpaired) electrons. The molecule has 3 rings (SSSR count). The van der Waals surface area contributed by atoms with Crippen LogP contribution in [0.5, 0.6) is 0 Å². The molecular formula is C8H4Cl6O3S. The van der Waals surface area contributed by atoms with Crippen LogP contribution in [0.25, 0.3) is 0 Å². The zero-order valence-electron chi connectivity index (χ0n) is 8.31. The second kappa shape index (κ2) is 3.41. The third kappa shape index (κ3) is 1.20. The summed E-state index contributed by atoms with van der Waals surface area (Å²) in [7, 11) is -3.90. The Kier molecular flexibility index (Phi) is 2.71. The second-order valence-corrected chi connectivity index (χ2v) is 9.47. The minimum Gasteiger partial charge on any atom is -0.243 e. The highest BCUT2D eigenvalue weighted by Gasteiger charge is 2.87. The molecule has 18 heavy (non-hydrogen) atoms. The quantitative estimate of drug-likeness (QED) is 0.468. The predicted molar refractivity (Wildman–Crippen MR) is 72.3 cm³/mol. The maximum atomic E-state index is 11.7. The van der Waals surface area contributed by atoms with Crippen LogP contribution in [0.1, 0.15) is 6.42 Å². The molecule has 3 nitrogen and oxygen atoms in total. The summed E-state index contributed by atoms with van der Waals surface area (Å²) in [5.41, 5.74) is -1.31. The number of allylic oxidation sites excluding steroid dienone is 1. The van der Waals surface area contributed by atoms with E-state index in [9.17, 15) is 8.42 Å². The summed E-state index contributed by atoms with van der Waals surface area (Å²) >= 11 is 37.0. The Balaban J connectivity index is 2.37. The highest BCUT2D eigenvalue weighted by molar-refractivity contribution is 7.87. The minimum atomic E-state index is -3.90. The van der Waals surface area contributed by atoms with Gasteiger partial charge in [0.2, 0.25) is 5.06 Å². The Bertz CT molecular complexity index is 600. The van der Waals surface area contributed by atoms with Gasteiger partial charge in [-0.15, -0.1) is 11.6 Å². The highest BCUT2D eigenvalue weighted by Crippen LogP contribution is 2.80. The SMILES string of the molecule is O=S1(=O)CC23CC(Cl)(C(Cl)=C2Cl)C(Cl)(Cl)C3(Cl)O1. The molecule has 102 valence electrons. The van der Waals surface area contributed by atoms with E-state index in [0.717, 1.165) is 0 Å². The third-order valence-electron chi connectivity index (χ3n) is 3.69. The first-order valence-electron chi connectivity index (χ1n) is 4.69. The molecule has 10 heteroatoms. The molecule has 0 N–H and O–H groups in total. The predicted octanol–water partition coefficient (Wildman–Crippen LogP) is 3.53. The molecule has 0 aromatic carbocycles. The molecule has 1 saturated carbocycles. The van der Waals surface area contributed by atoms with Gasteiger partial charge in [-0.2, -0.15) is 8.42 Å². The molecule has 0 aromatic rings. The van der Waals surface area contributed by atoms with Gasteiger partial charge in [-0.1, -0.05) is 58.0 Å². The lowest BCUT2D eigenvalue weighted by Gasteiger charge is -2.42. The zero-order valence-corrected chi connectivity index (χ0v) is 13.7. The van der Waals surface area contributed by atoms with Crippen molar-refractivity contribution in [1.82, 2.24) is 0 Å². The first kappa shape index (κ1) is 14.3. The summed E-state index contributed by atoms with van der Waals surface area (Å²) in [6, 6.07) is 0. The van der Waals surface area contributed by atoms with E-state index in [-0.39, 0.29) is 16.5 Å². The van der Waals surface area contributed by atoms with E-state index in [1.807, 2.05) is 0 Å². The van der Waals surface area contributed by atoms with E-state index in [2.05, 4.69) is 0 Å². The Morgan fingerprint density at radius 3 is 2.17 bits per heavy atom. The van der Waals surface area contributed by atoms with Gasteiger partial charge in [0.15, 0.2) is 4.33 Å². The first-order valence-corrected chi connectivity index (χ1v) is 8.53. The lowest BCUT2D eigenvalue weighted by atomic mass is 9.86. The van der Waals surface area contributed by atoms with Gasteiger partial charge in [-0.05, 0) is 6.42 Å². The van der Waals surface area contributed by atoms with Crippen molar-refractivity contribution in [2.75, 3.05) is 5.75 Å². The Morgan fingerprint density at radius 1 is 1.06 bits per heavy atom. The molecule has 3 aliphatic rings. The monoisotopic (exact) mass is 390 g/mol. The van der Waals surface area contributed by atoms with Crippen molar-refractivity contribution in [2.45, 2.75) is 20.7 Å². The minimum absolute atomic E-state index is 0.00888. The highest BCUT2D eigenvalue weighted by atomic mass is 35.5. The Labute approximate surface area is 133 Å². The van der Waals surface area contributed by atoms with Crippen LogP contribution < -0.4 is 0 Å². The van der Waals surface area contributed by atoms with Crippen LogP contribution in [0.2, 0.25) is 0 Å². The maximum Gasteiger partial charge on any atom is 0.270 e. The molecule has 0 aromatic heterocycles. The molecule has 2 bridgehead atoms. The number of hydrogen-bond donors (Lipinski definition) is 0. The van der Waals surface area contributed by atoms with Gasteiger partial charge in [-0.25, -0.2) is 4.18 Å². The zero-order chi connectivity index (χ0) is 13.8. The topological polar surface area (TPSA) is 43.4 Å². The maximum absolute atomic E-state index is 11.7. The molecule has 0 amide bonds. The van der Waals surface area contributed by atoms with Crippen molar-refractivity contribution >= 4 is 79.7 Å². The van der Waals surface area contributed by atoms with Crippen molar-refractivity contribution in [1.29, 1.82) is 0 Å². The van der Waals surface area contributed by atoms with Crippen LogP contribution in [0, 0.1) is 5.41 Å². The van der Waals surface area contributed by atoms with E-state index >= 15 is 0 Å². The molecule has 3 unspecified atom stereocenters. The van der Waals surface area contributed by atoms with Gasteiger partial charge in [0.1, 0.15) is 4.87 Å². The fourth-order valence-electron chi connectivity index (χ4n) is 2.86. The summed E-state index contributed by atoms with van der Waals surface area (Å²) in [4.78, 5) is -1.45. The van der Waals surface area contributed by atoms with Gasteiger partial charge >= 0.3 is 0 Å². The van der Waals surface area contributed by atoms with Gasteiger partial charge in [0, 0.05) is 5.03 Å². The Morgan fingerprint density at radius 2 is 1.61 bits per heavy atom. The van der Waals surface area contributed by atoms with E-state index in [0.29, 0.717) is 0 Å². The van der Waals surface area contributed by atoms with Crippen LogP contribution in [0.15, 0.2) is 10.1 Å². The van der Waals surface area contributed by atoms with E-state index in [1.54, 1.807) is 0 Å². The van der Waals surface area contributed by atoms with E-state index in [1.165, 1.54) is 0 Å². The van der Waals surface area contributed by atoms with Crippen molar-refractivity contribution < 1.29 is 12.6 Å². The van der Waals surface area contributed by atoms with Crippen molar-refractivity contribution in [3.05, 3.63) is 10.1 Å². The summed E-state index contributed by atoms with van der Waals surface area (Å²) in [6.07, 6.45) is 0.00888. The fourth-order valence-corrected chi connectivity index (χ4v) is 7.81. The first-order chi connectivity index (χ1) is 7.94. The van der Waals surface area contributed by atoms with Crippen molar-refractivity contribution in [2.24, 2.45) is 5.41 Å². The molecule has 2 fully saturated rings. The van der Waals surface area contributed by atoms with Crippen molar-refractivity contribution in [3.8, 4) is 0 Å². The van der Waals surface area contributed by atoms with Crippen LogP contribution in [0.3, 0.4) is 0 Å². The lowest BCUT2D eigenvalue weighted by Crippen LogP contribution is -2.55. The third-order valence-corrected chi connectivity index (χ3v) is 9.28. The average Bonchev–Trinajstić information content (AvgIpc) is 2.58. The van der Waals surface area contributed by atoms with Crippen LogP contribution in [-0.4, -0.2) is 28.4 Å². The molecule has 1 heterocycles. The Hall–Kier alpha value is 1.39. The largest absolute Gasteiger partial charge is 0.270 e. The summed E-state index contributed by atoms with van der Waals surface area (Å²) in [5, 5.41) is -1.88. The van der Waals surface area contributed by atoms with Crippen molar-refractivity contribution in [3.63, 3.8) is 0 Å². The van der Waals surface area contributed by atoms with Gasteiger partial charge in [0.05, 0.1) is 16.2 Å². The van der Waals surface area contributed by atoms with Gasteiger partial charge in [-0.3, -0.25) is 0 Å². The molecule has 1 aliphatic heterocycles. The number of halogens is 6.